The minimum atomic E-state index is 0.418. The molecule has 1 aromatic carbocycles. The van der Waals surface area contributed by atoms with Crippen molar-refractivity contribution >= 4 is 5.95 Å². The lowest BCUT2D eigenvalue weighted by Crippen LogP contribution is -2.28. The Labute approximate surface area is 119 Å². The molecule has 1 aromatic heterocycles. The van der Waals surface area contributed by atoms with Crippen LogP contribution in [0.4, 0.5) is 5.95 Å². The van der Waals surface area contributed by atoms with Gasteiger partial charge in [0.1, 0.15) is 0 Å². The van der Waals surface area contributed by atoms with Crippen LogP contribution in [0.25, 0.3) is 0 Å². The molecule has 2 unspecified atom stereocenters. The Hall–Kier alpha value is -1.94. The number of hydrogen-bond donors (Lipinski definition) is 1. The Bertz CT molecular complexity index is 529. The first-order chi connectivity index (χ1) is 9.81. The number of likely N-dealkylation sites (tertiary alicyclic amines) is 1. The smallest absolute Gasteiger partial charge is 0.222 e. The maximum absolute atomic E-state index is 4.24. The second-order valence-electron chi connectivity index (χ2n) is 5.48. The van der Waals surface area contributed by atoms with Gasteiger partial charge in [0.15, 0.2) is 0 Å². The number of hydrogen-bond acceptors (Lipinski definition) is 4. The van der Waals surface area contributed by atoms with E-state index in [1.54, 1.807) is 12.4 Å². The third kappa shape index (κ3) is 3.14. The van der Waals surface area contributed by atoms with Crippen molar-refractivity contribution in [3.05, 3.63) is 54.4 Å². The van der Waals surface area contributed by atoms with Crippen LogP contribution in [0.2, 0.25) is 0 Å². The Balaban J connectivity index is 1.59. The minimum absolute atomic E-state index is 0.418. The molecule has 1 N–H and O–H groups in total. The molecule has 1 saturated heterocycles. The van der Waals surface area contributed by atoms with Gasteiger partial charge in [0.25, 0.3) is 0 Å². The van der Waals surface area contributed by atoms with Gasteiger partial charge < -0.3 is 5.32 Å². The molecule has 0 radical (unpaired) electrons. The molecule has 4 heteroatoms. The Morgan fingerprint density at radius 3 is 2.60 bits per heavy atom. The Morgan fingerprint density at radius 2 is 1.85 bits per heavy atom. The van der Waals surface area contributed by atoms with E-state index in [2.05, 4.69) is 57.4 Å². The van der Waals surface area contributed by atoms with E-state index in [9.17, 15) is 0 Å². The molecular weight excluding hydrogens is 248 g/mol. The van der Waals surface area contributed by atoms with Crippen LogP contribution in [0, 0.1) is 5.92 Å². The molecule has 0 aliphatic carbocycles. The highest BCUT2D eigenvalue weighted by Crippen LogP contribution is 2.21. The van der Waals surface area contributed by atoms with E-state index in [0.29, 0.717) is 12.0 Å². The van der Waals surface area contributed by atoms with Gasteiger partial charge in [0.2, 0.25) is 5.95 Å². The van der Waals surface area contributed by atoms with Crippen molar-refractivity contribution in [1.29, 1.82) is 0 Å². The molecule has 2 atom stereocenters. The third-order valence-corrected chi connectivity index (χ3v) is 3.82. The van der Waals surface area contributed by atoms with Gasteiger partial charge >= 0.3 is 0 Å². The van der Waals surface area contributed by atoms with E-state index in [4.69, 9.17) is 0 Å². The summed E-state index contributed by atoms with van der Waals surface area (Å²) < 4.78 is 0. The van der Waals surface area contributed by atoms with Crippen LogP contribution in [0.5, 0.6) is 0 Å². The lowest BCUT2D eigenvalue weighted by molar-refractivity contribution is 0.319. The number of nitrogens with one attached hydrogen (secondary N) is 1. The molecule has 0 amide bonds. The van der Waals surface area contributed by atoms with Gasteiger partial charge in [-0.25, -0.2) is 9.97 Å². The van der Waals surface area contributed by atoms with Gasteiger partial charge in [-0.15, -0.1) is 0 Å². The van der Waals surface area contributed by atoms with E-state index in [0.717, 1.165) is 25.6 Å². The normalized spacial score (nSPS) is 22.9. The van der Waals surface area contributed by atoms with Crippen LogP contribution in [0.3, 0.4) is 0 Å². The van der Waals surface area contributed by atoms with Crippen molar-refractivity contribution in [2.75, 3.05) is 18.4 Å². The maximum atomic E-state index is 4.24. The molecule has 2 heterocycles. The fourth-order valence-electron chi connectivity index (χ4n) is 2.77. The molecule has 2 aromatic rings. The summed E-state index contributed by atoms with van der Waals surface area (Å²) in [6.07, 6.45) is 3.55. The predicted molar refractivity (Wildman–Crippen MR) is 80.3 cm³/mol. The van der Waals surface area contributed by atoms with Crippen LogP contribution in [0.15, 0.2) is 48.8 Å². The summed E-state index contributed by atoms with van der Waals surface area (Å²) in [6.45, 7) is 5.44. The lowest BCUT2D eigenvalue weighted by Gasteiger charge is -2.17. The topological polar surface area (TPSA) is 41.0 Å². The van der Waals surface area contributed by atoms with Crippen molar-refractivity contribution < 1.29 is 0 Å². The highest BCUT2D eigenvalue weighted by atomic mass is 15.2. The Kier molecular flexibility index (Phi) is 3.92. The van der Waals surface area contributed by atoms with E-state index >= 15 is 0 Å². The highest BCUT2D eigenvalue weighted by Gasteiger charge is 2.29. The monoisotopic (exact) mass is 268 g/mol. The molecule has 20 heavy (non-hydrogen) atoms. The predicted octanol–water partition coefficient (Wildman–Crippen LogP) is 2.41. The summed E-state index contributed by atoms with van der Waals surface area (Å²) in [6, 6.07) is 12.9. The number of anilines is 1. The van der Waals surface area contributed by atoms with Gasteiger partial charge in [0, 0.05) is 38.1 Å². The number of aromatic nitrogens is 2. The SMILES string of the molecule is CC1CN(Cc2ccccc2)CC1Nc1ncccn1. The van der Waals surface area contributed by atoms with Crippen LogP contribution in [-0.2, 0) is 6.54 Å². The van der Waals surface area contributed by atoms with Gasteiger partial charge in [-0.05, 0) is 17.5 Å². The molecule has 1 fully saturated rings. The molecule has 1 aliphatic heterocycles. The largest absolute Gasteiger partial charge is 0.350 e. The van der Waals surface area contributed by atoms with Crippen molar-refractivity contribution in [3.8, 4) is 0 Å². The number of nitrogens with zero attached hydrogens (tertiary/aromatic N) is 3. The summed E-state index contributed by atoms with van der Waals surface area (Å²) >= 11 is 0. The summed E-state index contributed by atoms with van der Waals surface area (Å²) in [5.41, 5.74) is 1.37. The lowest BCUT2D eigenvalue weighted by atomic mass is 10.1. The van der Waals surface area contributed by atoms with Gasteiger partial charge in [-0.2, -0.15) is 0 Å². The third-order valence-electron chi connectivity index (χ3n) is 3.82. The zero-order valence-electron chi connectivity index (χ0n) is 11.7. The fourth-order valence-corrected chi connectivity index (χ4v) is 2.77. The van der Waals surface area contributed by atoms with E-state index in [1.807, 2.05) is 6.07 Å². The molecule has 4 nitrogen and oxygen atoms in total. The van der Waals surface area contributed by atoms with Crippen LogP contribution in [0.1, 0.15) is 12.5 Å². The Morgan fingerprint density at radius 1 is 1.10 bits per heavy atom. The van der Waals surface area contributed by atoms with E-state index < -0.39 is 0 Å². The average molecular weight is 268 g/mol. The maximum Gasteiger partial charge on any atom is 0.222 e. The van der Waals surface area contributed by atoms with Crippen LogP contribution < -0.4 is 5.32 Å². The first kappa shape index (κ1) is 13.1. The van der Waals surface area contributed by atoms with Crippen molar-refractivity contribution in [2.24, 2.45) is 5.92 Å². The second kappa shape index (κ2) is 6.01. The van der Waals surface area contributed by atoms with Crippen molar-refractivity contribution in [3.63, 3.8) is 0 Å². The second-order valence-corrected chi connectivity index (χ2v) is 5.48. The van der Waals surface area contributed by atoms with Crippen molar-refractivity contribution in [2.45, 2.75) is 19.5 Å². The van der Waals surface area contributed by atoms with Gasteiger partial charge in [-0.3, -0.25) is 4.90 Å². The molecule has 0 bridgehead atoms. The summed E-state index contributed by atoms with van der Waals surface area (Å²) in [4.78, 5) is 11.0. The molecule has 104 valence electrons. The standard InChI is InChI=1S/C16H20N4/c1-13-10-20(11-14-6-3-2-4-7-14)12-15(13)19-16-17-8-5-9-18-16/h2-9,13,15H,10-12H2,1H3,(H,17,18,19). The first-order valence-corrected chi connectivity index (χ1v) is 7.11. The zero-order chi connectivity index (χ0) is 13.8. The summed E-state index contributed by atoms with van der Waals surface area (Å²) in [7, 11) is 0. The van der Waals surface area contributed by atoms with Crippen LogP contribution >= 0.6 is 0 Å². The number of benzene rings is 1. The first-order valence-electron chi connectivity index (χ1n) is 7.11. The quantitative estimate of drug-likeness (QED) is 0.924. The highest BCUT2D eigenvalue weighted by molar-refractivity contribution is 5.26. The molecule has 0 spiro atoms. The van der Waals surface area contributed by atoms with Crippen LogP contribution in [-0.4, -0.2) is 34.0 Å². The molecular formula is C16H20N4. The van der Waals surface area contributed by atoms with Gasteiger partial charge in [0.05, 0.1) is 0 Å². The molecule has 0 saturated carbocycles. The average Bonchev–Trinajstić information content (AvgIpc) is 2.81. The van der Waals surface area contributed by atoms with E-state index in [-0.39, 0.29) is 0 Å². The van der Waals surface area contributed by atoms with Crippen molar-refractivity contribution in [1.82, 2.24) is 14.9 Å². The summed E-state index contributed by atoms with van der Waals surface area (Å²) in [5.74, 6) is 1.33. The minimum Gasteiger partial charge on any atom is -0.350 e. The molecule has 3 rings (SSSR count). The fraction of sp³-hybridized carbons (Fsp3) is 0.375. The number of rotatable bonds is 4. The summed E-state index contributed by atoms with van der Waals surface area (Å²) in [5, 5.41) is 3.44. The van der Waals surface area contributed by atoms with Gasteiger partial charge in [-0.1, -0.05) is 37.3 Å². The zero-order valence-corrected chi connectivity index (χ0v) is 11.7. The van der Waals surface area contributed by atoms with E-state index in [1.165, 1.54) is 5.56 Å². The molecule has 1 aliphatic rings.